The fourth-order valence-electron chi connectivity index (χ4n) is 3.74. The molecule has 1 aliphatic rings. The van der Waals surface area contributed by atoms with E-state index in [-0.39, 0.29) is 4.90 Å². The predicted octanol–water partition coefficient (Wildman–Crippen LogP) is 4.86. The van der Waals surface area contributed by atoms with E-state index in [0.717, 1.165) is 40.2 Å². The Hall–Kier alpha value is -2.90. The van der Waals surface area contributed by atoms with Crippen LogP contribution in [0.5, 0.6) is 0 Å². The standard InChI is InChI=1S/C23H23N3O2S2/c1-16-13-17(2)15-20(14-16)25-23(29)24-19-7-9-21(10-8-19)30(27,28)26-12-11-18-5-3-4-6-22(18)26/h3-10,13-15H,11-12H2,1-2H3,(H2,24,25,29). The maximum absolute atomic E-state index is 13.1. The molecule has 0 fully saturated rings. The molecule has 3 aromatic carbocycles. The van der Waals surface area contributed by atoms with Crippen molar-refractivity contribution in [2.24, 2.45) is 0 Å². The lowest BCUT2D eigenvalue weighted by Gasteiger charge is -2.20. The first kappa shape index (κ1) is 20.4. The molecular formula is C23H23N3O2S2. The van der Waals surface area contributed by atoms with Crippen LogP contribution in [0.4, 0.5) is 17.1 Å². The second kappa shape index (κ2) is 8.08. The summed E-state index contributed by atoms with van der Waals surface area (Å²) in [6.45, 7) is 4.53. The monoisotopic (exact) mass is 437 g/mol. The van der Waals surface area contributed by atoms with Crippen LogP contribution in [0.25, 0.3) is 0 Å². The van der Waals surface area contributed by atoms with E-state index in [1.165, 1.54) is 4.31 Å². The molecular weight excluding hydrogens is 414 g/mol. The summed E-state index contributed by atoms with van der Waals surface area (Å²) in [5, 5.41) is 6.72. The molecule has 1 heterocycles. The molecule has 3 aromatic rings. The maximum atomic E-state index is 13.1. The molecule has 1 aliphatic heterocycles. The zero-order chi connectivity index (χ0) is 21.3. The van der Waals surface area contributed by atoms with Crippen molar-refractivity contribution in [1.29, 1.82) is 0 Å². The van der Waals surface area contributed by atoms with Gasteiger partial charge in [-0.05, 0) is 91.6 Å². The van der Waals surface area contributed by atoms with Gasteiger partial charge in [0.1, 0.15) is 0 Å². The van der Waals surface area contributed by atoms with Gasteiger partial charge in [-0.25, -0.2) is 8.42 Å². The number of hydrogen-bond donors (Lipinski definition) is 2. The van der Waals surface area contributed by atoms with Crippen LogP contribution < -0.4 is 14.9 Å². The summed E-state index contributed by atoms with van der Waals surface area (Å²) in [5.74, 6) is 0. The molecule has 154 valence electrons. The SMILES string of the molecule is Cc1cc(C)cc(NC(=S)Nc2ccc(S(=O)(=O)N3CCc4ccccc43)cc2)c1. The van der Waals surface area contributed by atoms with E-state index >= 15 is 0 Å². The van der Waals surface area contributed by atoms with Crippen molar-refractivity contribution in [2.75, 3.05) is 21.5 Å². The molecule has 0 saturated carbocycles. The zero-order valence-corrected chi connectivity index (χ0v) is 18.5. The Morgan fingerprint density at radius 3 is 2.23 bits per heavy atom. The first-order chi connectivity index (χ1) is 14.3. The summed E-state index contributed by atoms with van der Waals surface area (Å²) < 4.78 is 27.7. The Labute approximate surface area is 182 Å². The second-order valence-corrected chi connectivity index (χ2v) is 9.71. The molecule has 0 amide bonds. The molecule has 0 bridgehead atoms. The average Bonchev–Trinajstić information content (AvgIpc) is 3.12. The molecule has 2 N–H and O–H groups in total. The fraction of sp³-hybridized carbons (Fsp3) is 0.174. The van der Waals surface area contributed by atoms with Crippen molar-refractivity contribution in [3.63, 3.8) is 0 Å². The molecule has 0 spiro atoms. The highest BCUT2D eigenvalue weighted by atomic mass is 32.2. The van der Waals surface area contributed by atoms with Gasteiger partial charge in [0, 0.05) is 17.9 Å². The highest BCUT2D eigenvalue weighted by Gasteiger charge is 2.30. The van der Waals surface area contributed by atoms with Crippen molar-refractivity contribution in [1.82, 2.24) is 0 Å². The van der Waals surface area contributed by atoms with Gasteiger partial charge in [0.2, 0.25) is 0 Å². The van der Waals surface area contributed by atoms with Gasteiger partial charge in [-0.15, -0.1) is 0 Å². The normalized spacial score (nSPS) is 13.1. The number of para-hydroxylation sites is 1. The summed E-state index contributed by atoms with van der Waals surface area (Å²) in [6.07, 6.45) is 0.730. The molecule has 4 rings (SSSR count). The lowest BCUT2D eigenvalue weighted by molar-refractivity contribution is 0.592. The van der Waals surface area contributed by atoms with Crippen molar-refractivity contribution in [3.05, 3.63) is 83.4 Å². The van der Waals surface area contributed by atoms with Crippen LogP contribution in [-0.2, 0) is 16.4 Å². The number of rotatable bonds is 4. The third kappa shape index (κ3) is 4.17. The number of benzene rings is 3. The van der Waals surface area contributed by atoms with Gasteiger partial charge < -0.3 is 10.6 Å². The Balaban J connectivity index is 1.47. The molecule has 0 aliphatic carbocycles. The van der Waals surface area contributed by atoms with Gasteiger partial charge in [-0.1, -0.05) is 24.3 Å². The van der Waals surface area contributed by atoms with Crippen LogP contribution in [0.15, 0.2) is 71.6 Å². The first-order valence-electron chi connectivity index (χ1n) is 9.70. The van der Waals surface area contributed by atoms with Gasteiger partial charge in [0.25, 0.3) is 10.0 Å². The predicted molar refractivity (Wildman–Crippen MR) is 127 cm³/mol. The van der Waals surface area contributed by atoms with Gasteiger partial charge >= 0.3 is 0 Å². The summed E-state index contributed by atoms with van der Waals surface area (Å²) in [5.41, 5.74) is 5.76. The number of thiocarbonyl (C=S) groups is 1. The number of anilines is 3. The molecule has 0 atom stereocenters. The minimum atomic E-state index is -3.60. The smallest absolute Gasteiger partial charge is 0.264 e. The van der Waals surface area contributed by atoms with Crippen molar-refractivity contribution in [3.8, 4) is 0 Å². The van der Waals surface area contributed by atoms with E-state index < -0.39 is 10.0 Å². The lowest BCUT2D eigenvalue weighted by atomic mass is 10.1. The number of sulfonamides is 1. The number of hydrogen-bond acceptors (Lipinski definition) is 3. The summed E-state index contributed by atoms with van der Waals surface area (Å²) >= 11 is 5.39. The molecule has 0 unspecified atom stereocenters. The second-order valence-electron chi connectivity index (χ2n) is 7.44. The highest BCUT2D eigenvalue weighted by molar-refractivity contribution is 7.92. The lowest BCUT2D eigenvalue weighted by Crippen LogP contribution is -2.29. The third-order valence-electron chi connectivity index (χ3n) is 5.02. The molecule has 0 radical (unpaired) electrons. The fourth-order valence-corrected chi connectivity index (χ4v) is 5.47. The number of aryl methyl sites for hydroxylation is 2. The first-order valence-corrected chi connectivity index (χ1v) is 11.5. The maximum Gasteiger partial charge on any atom is 0.264 e. The number of nitrogens with one attached hydrogen (secondary N) is 2. The van der Waals surface area contributed by atoms with E-state index in [0.29, 0.717) is 11.7 Å². The number of fused-ring (bicyclic) bond motifs is 1. The Morgan fingerprint density at radius 1 is 0.900 bits per heavy atom. The molecule has 7 heteroatoms. The van der Waals surface area contributed by atoms with E-state index in [9.17, 15) is 8.42 Å². The Morgan fingerprint density at radius 2 is 1.53 bits per heavy atom. The summed E-state index contributed by atoms with van der Waals surface area (Å²) in [6, 6.07) is 20.4. The van der Waals surface area contributed by atoms with Crippen molar-refractivity contribution in [2.45, 2.75) is 25.2 Å². The quantitative estimate of drug-likeness (QED) is 0.571. The van der Waals surface area contributed by atoms with E-state index in [1.54, 1.807) is 24.3 Å². The van der Waals surface area contributed by atoms with Crippen molar-refractivity contribution >= 4 is 44.4 Å². The largest absolute Gasteiger partial charge is 0.332 e. The van der Waals surface area contributed by atoms with Crippen LogP contribution in [0.2, 0.25) is 0 Å². The van der Waals surface area contributed by atoms with E-state index in [4.69, 9.17) is 12.2 Å². The zero-order valence-electron chi connectivity index (χ0n) is 16.8. The van der Waals surface area contributed by atoms with E-state index in [1.807, 2.05) is 50.2 Å². The van der Waals surface area contributed by atoms with E-state index in [2.05, 4.69) is 16.7 Å². The molecule has 0 aromatic heterocycles. The molecule has 5 nitrogen and oxygen atoms in total. The Kier molecular flexibility index (Phi) is 5.49. The topological polar surface area (TPSA) is 61.4 Å². The summed E-state index contributed by atoms with van der Waals surface area (Å²) in [7, 11) is -3.60. The van der Waals surface area contributed by atoms with Gasteiger partial charge in [0.15, 0.2) is 5.11 Å². The Bertz CT molecular complexity index is 1190. The van der Waals surface area contributed by atoms with Crippen LogP contribution in [0.1, 0.15) is 16.7 Å². The molecule has 0 saturated heterocycles. The summed E-state index contributed by atoms with van der Waals surface area (Å²) in [4.78, 5) is 0.262. The minimum absolute atomic E-state index is 0.262. The third-order valence-corrected chi connectivity index (χ3v) is 7.06. The number of nitrogens with zero attached hydrogens (tertiary/aromatic N) is 1. The minimum Gasteiger partial charge on any atom is -0.332 e. The van der Waals surface area contributed by atoms with Crippen molar-refractivity contribution < 1.29 is 8.42 Å². The van der Waals surface area contributed by atoms with Crippen LogP contribution in [-0.4, -0.2) is 20.1 Å². The van der Waals surface area contributed by atoms with Crippen LogP contribution in [0, 0.1) is 13.8 Å². The van der Waals surface area contributed by atoms with Gasteiger partial charge in [0.05, 0.1) is 10.6 Å². The van der Waals surface area contributed by atoms with Gasteiger partial charge in [-0.3, -0.25) is 4.31 Å². The van der Waals surface area contributed by atoms with Crippen LogP contribution >= 0.6 is 12.2 Å². The van der Waals surface area contributed by atoms with Gasteiger partial charge in [-0.2, -0.15) is 0 Å². The molecule has 30 heavy (non-hydrogen) atoms. The highest BCUT2D eigenvalue weighted by Crippen LogP contribution is 2.32. The average molecular weight is 438 g/mol. The van der Waals surface area contributed by atoms with Crippen LogP contribution in [0.3, 0.4) is 0 Å².